The molecule has 1 fully saturated rings. The highest BCUT2D eigenvalue weighted by Gasteiger charge is 2.21. The molecule has 1 N–H and O–H groups in total. The number of nitrogens with one attached hydrogen (secondary N) is 1. The Hall–Kier alpha value is -1.16. The Morgan fingerprint density at radius 3 is 2.50 bits per heavy atom. The van der Waals surface area contributed by atoms with Gasteiger partial charge in [-0.25, -0.2) is 8.78 Å². The molecule has 0 radical (unpaired) electrons. The highest BCUT2D eigenvalue weighted by Crippen LogP contribution is 2.19. The molecule has 0 spiro atoms. The molecular formula is C12H15F2NO. The first-order valence-electron chi connectivity index (χ1n) is 5.49. The summed E-state index contributed by atoms with van der Waals surface area (Å²) in [6.07, 6.45) is 2.32. The summed E-state index contributed by atoms with van der Waals surface area (Å²) in [5.74, 6) is -0.989. The zero-order valence-corrected chi connectivity index (χ0v) is 9.17. The molecule has 0 bridgehead atoms. The van der Waals surface area contributed by atoms with Gasteiger partial charge in [-0.15, -0.1) is 0 Å². The van der Waals surface area contributed by atoms with Crippen LogP contribution in [0.4, 0.5) is 8.78 Å². The van der Waals surface area contributed by atoms with E-state index in [4.69, 9.17) is 4.74 Å². The molecule has 2 rings (SSSR count). The van der Waals surface area contributed by atoms with E-state index in [-0.39, 0.29) is 11.9 Å². The molecule has 1 aromatic carbocycles. The summed E-state index contributed by atoms with van der Waals surface area (Å²) in [6, 6.07) is 3.82. The van der Waals surface area contributed by atoms with Crippen LogP contribution in [0.2, 0.25) is 0 Å². The normalized spacial score (nSPS) is 17.2. The van der Waals surface area contributed by atoms with Crippen molar-refractivity contribution in [2.24, 2.45) is 0 Å². The summed E-state index contributed by atoms with van der Waals surface area (Å²) in [5.41, 5.74) is 0. The number of ether oxygens (including phenoxy) is 1. The van der Waals surface area contributed by atoms with Gasteiger partial charge in [0.15, 0.2) is 0 Å². The molecule has 1 aliphatic carbocycles. The fourth-order valence-electron chi connectivity index (χ4n) is 1.49. The molecule has 1 aromatic rings. The Morgan fingerprint density at radius 1 is 1.31 bits per heavy atom. The second-order valence-electron chi connectivity index (χ2n) is 4.22. The van der Waals surface area contributed by atoms with Gasteiger partial charge < -0.3 is 10.1 Å². The van der Waals surface area contributed by atoms with E-state index in [1.165, 1.54) is 25.0 Å². The van der Waals surface area contributed by atoms with Crippen molar-refractivity contribution in [3.8, 4) is 5.75 Å². The molecule has 4 heteroatoms. The number of benzene rings is 1. The second kappa shape index (κ2) is 4.78. The molecular weight excluding hydrogens is 212 g/mol. The van der Waals surface area contributed by atoms with Crippen molar-refractivity contribution < 1.29 is 13.5 Å². The zero-order valence-electron chi connectivity index (χ0n) is 9.17. The Kier molecular flexibility index (Phi) is 3.39. The van der Waals surface area contributed by atoms with E-state index in [0.717, 1.165) is 6.07 Å². The van der Waals surface area contributed by atoms with E-state index < -0.39 is 11.6 Å². The van der Waals surface area contributed by atoms with Crippen molar-refractivity contribution in [2.45, 2.75) is 31.9 Å². The summed E-state index contributed by atoms with van der Waals surface area (Å²) in [4.78, 5) is 0. The Balaban J connectivity index is 1.86. The Labute approximate surface area is 93.6 Å². The molecule has 0 aliphatic heterocycles. The lowest BCUT2D eigenvalue weighted by molar-refractivity contribution is 0.215. The predicted molar refractivity (Wildman–Crippen MR) is 57.5 cm³/mol. The van der Waals surface area contributed by atoms with Crippen molar-refractivity contribution >= 4 is 0 Å². The summed E-state index contributed by atoms with van der Waals surface area (Å²) in [6.45, 7) is 2.57. The van der Waals surface area contributed by atoms with E-state index in [1.807, 2.05) is 6.92 Å². The predicted octanol–water partition coefficient (Wildman–Crippen LogP) is 2.48. The highest BCUT2D eigenvalue weighted by molar-refractivity contribution is 5.24. The van der Waals surface area contributed by atoms with Crippen LogP contribution >= 0.6 is 0 Å². The summed E-state index contributed by atoms with van der Waals surface area (Å²) in [7, 11) is 0. The third-order valence-electron chi connectivity index (χ3n) is 2.44. The van der Waals surface area contributed by atoms with Gasteiger partial charge in [0.1, 0.15) is 23.5 Å². The maximum absolute atomic E-state index is 12.9. The van der Waals surface area contributed by atoms with Crippen LogP contribution in [-0.2, 0) is 0 Å². The molecule has 0 amide bonds. The zero-order chi connectivity index (χ0) is 11.5. The maximum atomic E-state index is 12.9. The van der Waals surface area contributed by atoms with Crippen LogP contribution in [0.25, 0.3) is 0 Å². The van der Waals surface area contributed by atoms with Gasteiger partial charge in [-0.1, -0.05) is 0 Å². The van der Waals surface area contributed by atoms with Crippen LogP contribution in [0.3, 0.4) is 0 Å². The summed E-state index contributed by atoms with van der Waals surface area (Å²) in [5, 5.41) is 3.29. The Bertz CT molecular complexity index is 346. The van der Waals surface area contributed by atoms with E-state index >= 15 is 0 Å². The molecule has 88 valence electrons. The molecule has 1 atom stereocenters. The average Bonchev–Trinajstić information content (AvgIpc) is 2.96. The first-order valence-corrected chi connectivity index (χ1v) is 5.49. The largest absolute Gasteiger partial charge is 0.489 e. The van der Waals surface area contributed by atoms with Gasteiger partial charge in [0.05, 0.1) is 0 Å². The minimum absolute atomic E-state index is 0.0956. The SMILES string of the molecule is CC(CNC1CC1)Oc1cc(F)cc(F)c1. The number of rotatable bonds is 5. The second-order valence-corrected chi connectivity index (χ2v) is 4.22. The summed E-state index contributed by atoms with van der Waals surface area (Å²) >= 11 is 0. The third-order valence-corrected chi connectivity index (χ3v) is 2.44. The Morgan fingerprint density at radius 2 is 1.94 bits per heavy atom. The van der Waals surface area contributed by atoms with Crippen molar-refractivity contribution in [3.63, 3.8) is 0 Å². The van der Waals surface area contributed by atoms with Gasteiger partial charge in [-0.05, 0) is 19.8 Å². The number of halogens is 2. The van der Waals surface area contributed by atoms with Gasteiger partial charge in [0, 0.05) is 30.8 Å². The molecule has 1 aliphatic rings. The van der Waals surface area contributed by atoms with E-state index in [0.29, 0.717) is 12.6 Å². The lowest BCUT2D eigenvalue weighted by atomic mass is 10.3. The average molecular weight is 227 g/mol. The van der Waals surface area contributed by atoms with Gasteiger partial charge in [-0.2, -0.15) is 0 Å². The molecule has 16 heavy (non-hydrogen) atoms. The van der Waals surface area contributed by atoms with Crippen LogP contribution in [0, 0.1) is 11.6 Å². The molecule has 0 saturated heterocycles. The standard InChI is InChI=1S/C12H15F2NO/c1-8(7-15-11-2-3-11)16-12-5-9(13)4-10(14)6-12/h4-6,8,11,15H,2-3,7H2,1H3. The van der Waals surface area contributed by atoms with Gasteiger partial charge in [0.2, 0.25) is 0 Å². The highest BCUT2D eigenvalue weighted by atomic mass is 19.1. The van der Waals surface area contributed by atoms with E-state index in [1.54, 1.807) is 0 Å². The van der Waals surface area contributed by atoms with E-state index in [9.17, 15) is 8.78 Å². The quantitative estimate of drug-likeness (QED) is 0.834. The van der Waals surface area contributed by atoms with Crippen molar-refractivity contribution in [1.29, 1.82) is 0 Å². The first-order chi connectivity index (χ1) is 7.63. The summed E-state index contributed by atoms with van der Waals surface area (Å²) < 4.78 is 31.1. The first kappa shape index (κ1) is 11.3. The van der Waals surface area contributed by atoms with Crippen LogP contribution in [0.5, 0.6) is 5.75 Å². The molecule has 0 heterocycles. The fraction of sp³-hybridized carbons (Fsp3) is 0.500. The van der Waals surface area contributed by atoms with Gasteiger partial charge in [0.25, 0.3) is 0 Å². The molecule has 2 nitrogen and oxygen atoms in total. The number of hydrogen-bond acceptors (Lipinski definition) is 2. The van der Waals surface area contributed by atoms with Crippen LogP contribution in [-0.4, -0.2) is 18.7 Å². The van der Waals surface area contributed by atoms with Gasteiger partial charge >= 0.3 is 0 Å². The van der Waals surface area contributed by atoms with E-state index in [2.05, 4.69) is 5.32 Å². The molecule has 1 saturated carbocycles. The van der Waals surface area contributed by atoms with Gasteiger partial charge in [-0.3, -0.25) is 0 Å². The lowest BCUT2D eigenvalue weighted by Crippen LogP contribution is -2.30. The van der Waals surface area contributed by atoms with Crippen LogP contribution in [0.15, 0.2) is 18.2 Å². The minimum Gasteiger partial charge on any atom is -0.489 e. The van der Waals surface area contributed by atoms with Crippen molar-refractivity contribution in [2.75, 3.05) is 6.54 Å². The fourth-order valence-corrected chi connectivity index (χ4v) is 1.49. The molecule has 0 aromatic heterocycles. The van der Waals surface area contributed by atoms with Crippen LogP contribution in [0.1, 0.15) is 19.8 Å². The third kappa shape index (κ3) is 3.45. The maximum Gasteiger partial charge on any atom is 0.129 e. The number of hydrogen-bond donors (Lipinski definition) is 1. The van der Waals surface area contributed by atoms with Crippen LogP contribution < -0.4 is 10.1 Å². The monoisotopic (exact) mass is 227 g/mol. The smallest absolute Gasteiger partial charge is 0.129 e. The lowest BCUT2D eigenvalue weighted by Gasteiger charge is -2.15. The van der Waals surface area contributed by atoms with Crippen molar-refractivity contribution in [3.05, 3.63) is 29.8 Å². The minimum atomic E-state index is -0.614. The molecule has 1 unspecified atom stereocenters. The van der Waals surface area contributed by atoms with Crippen molar-refractivity contribution in [1.82, 2.24) is 5.32 Å². The topological polar surface area (TPSA) is 21.3 Å².